The third-order valence-corrected chi connectivity index (χ3v) is 2.08. The molecule has 4 nitrogen and oxygen atoms in total. The zero-order valence-electron chi connectivity index (χ0n) is 7.07. The van der Waals surface area contributed by atoms with E-state index >= 15 is 0 Å². The van der Waals surface area contributed by atoms with Crippen LogP contribution in [0, 0.1) is 0 Å². The molecule has 0 aromatic carbocycles. The number of methoxy groups -OCH3 is 1. The Labute approximate surface area is 83.7 Å². The van der Waals surface area contributed by atoms with E-state index < -0.39 is 0 Å². The van der Waals surface area contributed by atoms with Crippen LogP contribution in [0.15, 0.2) is 22.8 Å². The van der Waals surface area contributed by atoms with Gasteiger partial charge >= 0.3 is 0 Å². The average molecular weight is 242 g/mol. The standard InChI is InChI=1S/C8H8BrN3O/c1-13-5-7-10-8-3-2-6(9)4-12(8)11-7/h2-4H,5H2,1H3. The monoisotopic (exact) mass is 241 g/mol. The van der Waals surface area contributed by atoms with Gasteiger partial charge in [-0.2, -0.15) is 0 Å². The average Bonchev–Trinajstić information content (AvgIpc) is 2.46. The van der Waals surface area contributed by atoms with Crippen molar-refractivity contribution < 1.29 is 4.74 Å². The van der Waals surface area contributed by atoms with Crippen LogP contribution in [0.1, 0.15) is 5.82 Å². The summed E-state index contributed by atoms with van der Waals surface area (Å²) in [6.45, 7) is 0.444. The highest BCUT2D eigenvalue weighted by Gasteiger charge is 2.02. The Morgan fingerprint density at radius 3 is 3.15 bits per heavy atom. The van der Waals surface area contributed by atoms with Crippen molar-refractivity contribution in [3.63, 3.8) is 0 Å². The van der Waals surface area contributed by atoms with Crippen molar-refractivity contribution in [3.05, 3.63) is 28.6 Å². The lowest BCUT2D eigenvalue weighted by Gasteiger charge is -1.90. The van der Waals surface area contributed by atoms with Crippen LogP contribution >= 0.6 is 15.9 Å². The second kappa shape index (κ2) is 3.43. The highest BCUT2D eigenvalue weighted by molar-refractivity contribution is 9.10. The highest BCUT2D eigenvalue weighted by atomic mass is 79.9. The highest BCUT2D eigenvalue weighted by Crippen LogP contribution is 2.10. The Morgan fingerprint density at radius 1 is 1.54 bits per heavy atom. The van der Waals surface area contributed by atoms with Crippen LogP contribution in [-0.4, -0.2) is 21.7 Å². The van der Waals surface area contributed by atoms with E-state index in [9.17, 15) is 0 Å². The van der Waals surface area contributed by atoms with Crippen molar-refractivity contribution in [3.8, 4) is 0 Å². The Kier molecular flexibility index (Phi) is 2.28. The van der Waals surface area contributed by atoms with Crippen LogP contribution in [-0.2, 0) is 11.3 Å². The van der Waals surface area contributed by atoms with E-state index in [2.05, 4.69) is 26.0 Å². The normalized spacial score (nSPS) is 10.9. The maximum atomic E-state index is 4.94. The molecule has 2 aromatic rings. The van der Waals surface area contributed by atoms with Crippen LogP contribution in [0.3, 0.4) is 0 Å². The fourth-order valence-corrected chi connectivity index (χ4v) is 1.42. The van der Waals surface area contributed by atoms with Gasteiger partial charge in [-0.15, -0.1) is 5.10 Å². The van der Waals surface area contributed by atoms with Crippen LogP contribution in [0.2, 0.25) is 0 Å². The van der Waals surface area contributed by atoms with E-state index in [-0.39, 0.29) is 0 Å². The molecular weight excluding hydrogens is 234 g/mol. The lowest BCUT2D eigenvalue weighted by molar-refractivity contribution is 0.178. The Bertz CT molecular complexity index is 426. The number of nitrogens with zero attached hydrogens (tertiary/aromatic N) is 3. The first-order chi connectivity index (χ1) is 6.29. The Hall–Kier alpha value is -0.940. The van der Waals surface area contributed by atoms with Crippen LogP contribution in [0.4, 0.5) is 0 Å². The summed E-state index contributed by atoms with van der Waals surface area (Å²) in [7, 11) is 1.63. The first kappa shape index (κ1) is 8.65. The number of hydrogen-bond acceptors (Lipinski definition) is 3. The molecule has 0 radical (unpaired) electrons. The first-order valence-corrected chi connectivity index (χ1v) is 4.58. The van der Waals surface area contributed by atoms with Gasteiger partial charge in [-0.3, -0.25) is 0 Å². The first-order valence-electron chi connectivity index (χ1n) is 3.79. The maximum Gasteiger partial charge on any atom is 0.177 e. The number of aromatic nitrogens is 3. The van der Waals surface area contributed by atoms with Gasteiger partial charge in [-0.1, -0.05) is 0 Å². The molecule has 0 aliphatic heterocycles. The number of hydrogen-bond donors (Lipinski definition) is 0. The zero-order valence-corrected chi connectivity index (χ0v) is 8.65. The number of rotatable bonds is 2. The summed E-state index contributed by atoms with van der Waals surface area (Å²) >= 11 is 3.36. The molecule has 0 atom stereocenters. The van der Waals surface area contributed by atoms with Gasteiger partial charge < -0.3 is 4.74 Å². The van der Waals surface area contributed by atoms with Crippen LogP contribution in [0.5, 0.6) is 0 Å². The molecular formula is C8H8BrN3O. The number of ether oxygens (including phenoxy) is 1. The SMILES string of the molecule is COCc1nc2ccc(Br)cn2n1. The molecule has 2 heterocycles. The van der Waals surface area contributed by atoms with E-state index in [4.69, 9.17) is 4.74 Å². The number of halogens is 1. The van der Waals surface area contributed by atoms with Crippen molar-refractivity contribution in [1.82, 2.24) is 14.6 Å². The molecule has 13 heavy (non-hydrogen) atoms. The number of pyridine rings is 1. The summed E-state index contributed by atoms with van der Waals surface area (Å²) in [6.07, 6.45) is 1.86. The fourth-order valence-electron chi connectivity index (χ4n) is 1.09. The molecule has 5 heteroatoms. The van der Waals surface area contributed by atoms with Crippen molar-refractivity contribution in [2.45, 2.75) is 6.61 Å². The van der Waals surface area contributed by atoms with E-state index in [0.717, 1.165) is 10.1 Å². The molecule has 0 N–H and O–H groups in total. The predicted molar refractivity (Wildman–Crippen MR) is 51.4 cm³/mol. The molecule has 0 aliphatic carbocycles. The van der Waals surface area contributed by atoms with Gasteiger partial charge in [-0.05, 0) is 28.1 Å². The minimum atomic E-state index is 0.444. The molecule has 0 bridgehead atoms. The second-order valence-electron chi connectivity index (χ2n) is 2.61. The Balaban J connectivity index is 2.49. The summed E-state index contributed by atoms with van der Waals surface area (Å²) in [6, 6.07) is 3.83. The maximum absolute atomic E-state index is 4.94. The van der Waals surface area contributed by atoms with Gasteiger partial charge in [0, 0.05) is 17.8 Å². The quantitative estimate of drug-likeness (QED) is 0.803. The smallest absolute Gasteiger partial charge is 0.177 e. The molecule has 2 rings (SSSR count). The van der Waals surface area contributed by atoms with E-state index in [1.807, 2.05) is 18.3 Å². The van der Waals surface area contributed by atoms with E-state index in [0.29, 0.717) is 12.4 Å². The van der Waals surface area contributed by atoms with Crippen molar-refractivity contribution >= 4 is 21.6 Å². The van der Waals surface area contributed by atoms with Crippen molar-refractivity contribution in [2.75, 3.05) is 7.11 Å². The van der Waals surface area contributed by atoms with E-state index in [1.54, 1.807) is 11.6 Å². The molecule has 0 fully saturated rings. The molecule has 0 saturated heterocycles. The summed E-state index contributed by atoms with van der Waals surface area (Å²) in [5, 5.41) is 4.21. The second-order valence-corrected chi connectivity index (χ2v) is 3.53. The predicted octanol–water partition coefficient (Wildman–Crippen LogP) is 1.64. The summed E-state index contributed by atoms with van der Waals surface area (Å²) in [4.78, 5) is 4.25. The fraction of sp³-hybridized carbons (Fsp3) is 0.250. The third-order valence-electron chi connectivity index (χ3n) is 1.61. The molecule has 0 aliphatic rings. The minimum Gasteiger partial charge on any atom is -0.377 e. The Morgan fingerprint density at radius 2 is 2.38 bits per heavy atom. The molecule has 0 saturated carbocycles. The van der Waals surface area contributed by atoms with Gasteiger partial charge in [0.1, 0.15) is 6.61 Å². The van der Waals surface area contributed by atoms with Crippen molar-refractivity contribution in [2.24, 2.45) is 0 Å². The van der Waals surface area contributed by atoms with Gasteiger partial charge in [0.15, 0.2) is 11.5 Å². The molecule has 0 amide bonds. The minimum absolute atomic E-state index is 0.444. The zero-order chi connectivity index (χ0) is 9.26. The molecule has 2 aromatic heterocycles. The molecule has 0 unspecified atom stereocenters. The third kappa shape index (κ3) is 1.71. The summed E-state index contributed by atoms with van der Waals surface area (Å²) < 4.78 is 7.64. The largest absolute Gasteiger partial charge is 0.377 e. The van der Waals surface area contributed by atoms with E-state index in [1.165, 1.54) is 0 Å². The molecule has 68 valence electrons. The van der Waals surface area contributed by atoms with Crippen molar-refractivity contribution in [1.29, 1.82) is 0 Å². The lowest BCUT2D eigenvalue weighted by atomic mass is 10.5. The van der Waals surface area contributed by atoms with Gasteiger partial charge in [0.25, 0.3) is 0 Å². The lowest BCUT2D eigenvalue weighted by Crippen LogP contribution is -1.91. The van der Waals surface area contributed by atoms with Crippen LogP contribution < -0.4 is 0 Å². The summed E-state index contributed by atoms with van der Waals surface area (Å²) in [5.41, 5.74) is 0.829. The van der Waals surface area contributed by atoms with Gasteiger partial charge in [0.05, 0.1) is 0 Å². The van der Waals surface area contributed by atoms with Crippen LogP contribution in [0.25, 0.3) is 5.65 Å². The molecule has 0 spiro atoms. The van der Waals surface area contributed by atoms with Gasteiger partial charge in [0.2, 0.25) is 0 Å². The summed E-state index contributed by atoms with van der Waals surface area (Å²) in [5.74, 6) is 0.695. The topological polar surface area (TPSA) is 39.4 Å². The van der Waals surface area contributed by atoms with Gasteiger partial charge in [-0.25, -0.2) is 9.50 Å². The number of fused-ring (bicyclic) bond motifs is 1.